The molecule has 1 rings (SSSR count). The zero-order valence-electron chi connectivity index (χ0n) is 7.17. The van der Waals surface area contributed by atoms with Crippen molar-refractivity contribution in [3.63, 3.8) is 0 Å². The van der Waals surface area contributed by atoms with Crippen LogP contribution in [-0.2, 0) is 6.61 Å². The Morgan fingerprint density at radius 1 is 1.36 bits per heavy atom. The first-order chi connectivity index (χ1) is 6.69. The predicted molar refractivity (Wildman–Crippen MR) is 46.9 cm³/mol. The van der Waals surface area contributed by atoms with Crippen molar-refractivity contribution in [2.75, 3.05) is 0 Å². The van der Waals surface area contributed by atoms with E-state index in [2.05, 4.69) is 0 Å². The topological polar surface area (TPSA) is 44.0 Å². The fourth-order valence-corrected chi connectivity index (χ4v) is 1.00. The van der Waals surface area contributed by atoms with E-state index in [-0.39, 0.29) is 11.1 Å². The number of aliphatic hydroxyl groups is 1. The van der Waals surface area contributed by atoms with Gasteiger partial charge in [-0.3, -0.25) is 0 Å². The maximum Gasteiger partial charge on any atom is 0.132 e. The van der Waals surface area contributed by atoms with Crippen LogP contribution in [0.3, 0.4) is 0 Å². The predicted octanol–water partition coefficient (Wildman–Crippen LogP) is 1.99. The van der Waals surface area contributed by atoms with Crippen LogP contribution in [-0.4, -0.2) is 5.11 Å². The first kappa shape index (κ1) is 10.4. The number of hydrogen-bond donors (Lipinski definition) is 1. The van der Waals surface area contributed by atoms with Gasteiger partial charge in [0.2, 0.25) is 0 Å². The van der Waals surface area contributed by atoms with Crippen LogP contribution in [0.2, 0.25) is 0 Å². The Hall–Kier alpha value is -1.73. The Kier molecular flexibility index (Phi) is 3.32. The van der Waals surface area contributed by atoms with Crippen LogP contribution in [0.25, 0.3) is 6.08 Å². The fourth-order valence-electron chi connectivity index (χ4n) is 1.00. The second-order valence-corrected chi connectivity index (χ2v) is 2.58. The van der Waals surface area contributed by atoms with Gasteiger partial charge in [-0.05, 0) is 23.8 Å². The number of nitrogens with zero attached hydrogens (tertiary/aromatic N) is 1. The molecule has 1 N–H and O–H groups in total. The minimum atomic E-state index is -0.815. The first-order valence-electron chi connectivity index (χ1n) is 3.84. The summed E-state index contributed by atoms with van der Waals surface area (Å²) in [7, 11) is 0. The van der Waals surface area contributed by atoms with Gasteiger partial charge in [-0.25, -0.2) is 8.78 Å². The summed E-state index contributed by atoms with van der Waals surface area (Å²) in [5, 5.41) is 16.8. The normalized spacial score (nSPS) is 10.4. The van der Waals surface area contributed by atoms with Gasteiger partial charge in [0, 0.05) is 11.6 Å². The Morgan fingerprint density at radius 3 is 2.36 bits per heavy atom. The van der Waals surface area contributed by atoms with E-state index in [1.54, 1.807) is 6.07 Å². The smallest absolute Gasteiger partial charge is 0.132 e. The largest absolute Gasteiger partial charge is 0.391 e. The molecule has 0 saturated heterocycles. The molecule has 72 valence electrons. The average Bonchev–Trinajstić information content (AvgIpc) is 2.14. The van der Waals surface area contributed by atoms with Crippen molar-refractivity contribution in [2.24, 2.45) is 0 Å². The van der Waals surface area contributed by atoms with Gasteiger partial charge in [0.05, 0.1) is 12.7 Å². The van der Waals surface area contributed by atoms with Gasteiger partial charge >= 0.3 is 0 Å². The summed E-state index contributed by atoms with van der Waals surface area (Å²) < 4.78 is 26.0. The molecule has 0 spiro atoms. The van der Waals surface area contributed by atoms with E-state index in [0.29, 0.717) is 0 Å². The number of hydrogen-bond acceptors (Lipinski definition) is 2. The summed E-state index contributed by atoms with van der Waals surface area (Å²) >= 11 is 0. The van der Waals surface area contributed by atoms with Gasteiger partial charge < -0.3 is 5.11 Å². The Morgan fingerprint density at radius 2 is 1.93 bits per heavy atom. The summed E-state index contributed by atoms with van der Waals surface area (Å²) in [5.74, 6) is -1.63. The molecule has 1 aromatic rings. The van der Waals surface area contributed by atoms with E-state index in [1.807, 2.05) is 0 Å². The molecule has 0 bridgehead atoms. The Bertz CT molecular complexity index is 384. The molecule has 0 heterocycles. The second-order valence-electron chi connectivity index (χ2n) is 2.58. The molecule has 0 unspecified atom stereocenters. The van der Waals surface area contributed by atoms with E-state index >= 15 is 0 Å². The molecule has 0 aliphatic rings. The van der Waals surface area contributed by atoms with Crippen molar-refractivity contribution in [3.05, 3.63) is 41.0 Å². The van der Waals surface area contributed by atoms with Crippen molar-refractivity contribution in [1.82, 2.24) is 0 Å². The van der Waals surface area contributed by atoms with Crippen LogP contribution in [0.1, 0.15) is 11.1 Å². The number of aliphatic hydroxyl groups excluding tert-OH is 1. The summed E-state index contributed by atoms with van der Waals surface area (Å²) in [6, 6.07) is 3.82. The standard InChI is InChI=1S/C10H7F2NO/c11-9-4-7(2-1-3-13)5-10(12)8(9)6-14/h1-2,4-5,14H,6H2. The number of rotatable bonds is 2. The highest BCUT2D eigenvalue weighted by atomic mass is 19.1. The minimum absolute atomic E-state index is 0.249. The molecule has 4 heteroatoms. The van der Waals surface area contributed by atoms with E-state index in [9.17, 15) is 8.78 Å². The van der Waals surface area contributed by atoms with Crippen LogP contribution in [0.15, 0.2) is 18.2 Å². The van der Waals surface area contributed by atoms with Gasteiger partial charge in [0.15, 0.2) is 0 Å². The minimum Gasteiger partial charge on any atom is -0.391 e. The molecule has 0 fully saturated rings. The molecule has 14 heavy (non-hydrogen) atoms. The number of benzene rings is 1. The fraction of sp³-hybridized carbons (Fsp3) is 0.100. The van der Waals surface area contributed by atoms with Crippen molar-refractivity contribution >= 4 is 6.08 Å². The van der Waals surface area contributed by atoms with E-state index in [1.165, 1.54) is 6.08 Å². The quantitative estimate of drug-likeness (QED) is 0.733. The molecule has 0 amide bonds. The van der Waals surface area contributed by atoms with E-state index in [4.69, 9.17) is 10.4 Å². The van der Waals surface area contributed by atoms with Crippen LogP contribution < -0.4 is 0 Å². The van der Waals surface area contributed by atoms with Crippen molar-refractivity contribution in [2.45, 2.75) is 6.61 Å². The molecule has 1 aromatic carbocycles. The molecule has 0 aliphatic carbocycles. The van der Waals surface area contributed by atoms with Gasteiger partial charge in [-0.1, -0.05) is 0 Å². The van der Waals surface area contributed by atoms with Crippen LogP contribution in [0.5, 0.6) is 0 Å². The number of nitriles is 1. The lowest BCUT2D eigenvalue weighted by Crippen LogP contribution is -1.95. The number of halogens is 2. The summed E-state index contributed by atoms with van der Waals surface area (Å²) in [4.78, 5) is 0. The zero-order chi connectivity index (χ0) is 10.6. The van der Waals surface area contributed by atoms with Crippen LogP contribution in [0.4, 0.5) is 8.78 Å². The monoisotopic (exact) mass is 195 g/mol. The van der Waals surface area contributed by atoms with Crippen molar-refractivity contribution in [3.8, 4) is 6.07 Å². The lowest BCUT2D eigenvalue weighted by atomic mass is 10.1. The highest BCUT2D eigenvalue weighted by Gasteiger charge is 2.08. The van der Waals surface area contributed by atoms with Gasteiger partial charge in [0.1, 0.15) is 11.6 Å². The molecule has 0 aliphatic heterocycles. The van der Waals surface area contributed by atoms with Crippen molar-refractivity contribution in [1.29, 1.82) is 5.26 Å². The van der Waals surface area contributed by atoms with Crippen LogP contribution in [0, 0.1) is 23.0 Å². The lowest BCUT2D eigenvalue weighted by Gasteiger charge is -2.02. The van der Waals surface area contributed by atoms with Gasteiger partial charge in [-0.2, -0.15) is 5.26 Å². The third-order valence-electron chi connectivity index (χ3n) is 1.67. The second kappa shape index (κ2) is 4.49. The van der Waals surface area contributed by atoms with Crippen molar-refractivity contribution < 1.29 is 13.9 Å². The molecule has 0 saturated carbocycles. The molecule has 0 radical (unpaired) electrons. The highest BCUT2D eigenvalue weighted by Crippen LogP contribution is 2.16. The highest BCUT2D eigenvalue weighted by molar-refractivity contribution is 5.52. The molecule has 2 nitrogen and oxygen atoms in total. The summed E-state index contributed by atoms with van der Waals surface area (Å²) in [6.07, 6.45) is 2.40. The Labute approximate surface area is 79.7 Å². The molecular formula is C10H7F2NO. The molecular weight excluding hydrogens is 188 g/mol. The van der Waals surface area contributed by atoms with Gasteiger partial charge in [0.25, 0.3) is 0 Å². The Balaban J connectivity index is 3.15. The third-order valence-corrected chi connectivity index (χ3v) is 1.67. The first-order valence-corrected chi connectivity index (χ1v) is 3.84. The molecule has 0 atom stereocenters. The summed E-state index contributed by atoms with van der Waals surface area (Å²) in [5.41, 5.74) is -0.113. The maximum atomic E-state index is 13.0. The average molecular weight is 195 g/mol. The van der Waals surface area contributed by atoms with Gasteiger partial charge in [-0.15, -0.1) is 0 Å². The SMILES string of the molecule is N#CC=Cc1cc(F)c(CO)c(F)c1. The van der Waals surface area contributed by atoms with Crippen LogP contribution >= 0.6 is 0 Å². The molecule has 0 aromatic heterocycles. The van der Waals surface area contributed by atoms with E-state index < -0.39 is 18.2 Å². The zero-order valence-corrected chi connectivity index (χ0v) is 7.17. The maximum absolute atomic E-state index is 13.0. The van der Waals surface area contributed by atoms with E-state index in [0.717, 1.165) is 18.2 Å². The summed E-state index contributed by atoms with van der Waals surface area (Å²) in [6.45, 7) is -0.681. The lowest BCUT2D eigenvalue weighted by molar-refractivity contribution is 0.269. The number of allylic oxidation sites excluding steroid dienone is 1. The third kappa shape index (κ3) is 2.15.